The number of unbranched alkanes of at least 4 members (excludes halogenated alkanes) is 1. The molecule has 3 rings (SSSR count). The van der Waals surface area contributed by atoms with Gasteiger partial charge >= 0.3 is 0 Å². The number of nitrogens with zero attached hydrogens (tertiary/aromatic N) is 2. The average molecular weight is 336 g/mol. The van der Waals surface area contributed by atoms with E-state index in [1.807, 2.05) is 55.5 Å². The third kappa shape index (κ3) is 3.49. The topological polar surface area (TPSA) is 51.5 Å². The number of quaternary nitrogens is 1. The quantitative estimate of drug-likeness (QED) is 0.703. The van der Waals surface area contributed by atoms with Crippen molar-refractivity contribution in [2.75, 3.05) is 6.54 Å². The van der Waals surface area contributed by atoms with E-state index in [1.165, 1.54) is 6.42 Å². The largest absolute Gasteiger partial charge is 0.338 e. The number of rotatable bonds is 6. The van der Waals surface area contributed by atoms with Crippen LogP contribution in [-0.2, 0) is 0 Å². The minimum Gasteiger partial charge on any atom is -0.338 e. The first-order chi connectivity index (χ1) is 12.1. The number of para-hydroxylation sites is 2. The van der Waals surface area contributed by atoms with Gasteiger partial charge in [0.1, 0.15) is 6.04 Å². The molecule has 25 heavy (non-hydrogen) atoms. The van der Waals surface area contributed by atoms with Gasteiger partial charge in [0.05, 0.1) is 23.1 Å². The summed E-state index contributed by atoms with van der Waals surface area (Å²) in [5, 5.41) is 2.93. The monoisotopic (exact) mass is 336 g/mol. The summed E-state index contributed by atoms with van der Waals surface area (Å²) in [7, 11) is 0. The van der Waals surface area contributed by atoms with Crippen molar-refractivity contribution in [3.05, 3.63) is 70.3 Å². The Labute approximate surface area is 148 Å². The van der Waals surface area contributed by atoms with Gasteiger partial charge in [-0.25, -0.2) is 4.98 Å². The molecule has 2 N–H and O–H groups in total. The van der Waals surface area contributed by atoms with Crippen LogP contribution < -0.4 is 10.9 Å². The van der Waals surface area contributed by atoms with Gasteiger partial charge < -0.3 is 5.32 Å². The van der Waals surface area contributed by atoms with Crippen LogP contribution in [0, 0.1) is 6.92 Å². The van der Waals surface area contributed by atoms with Gasteiger partial charge in [0.25, 0.3) is 5.56 Å². The fourth-order valence-electron chi connectivity index (χ4n) is 3.18. The van der Waals surface area contributed by atoms with Gasteiger partial charge in [-0.2, -0.15) is 0 Å². The van der Waals surface area contributed by atoms with E-state index in [4.69, 9.17) is 4.98 Å². The first kappa shape index (κ1) is 17.4. The van der Waals surface area contributed by atoms with Gasteiger partial charge in [-0.15, -0.1) is 0 Å². The molecule has 4 heteroatoms. The molecule has 0 unspecified atom stereocenters. The molecule has 0 saturated carbocycles. The van der Waals surface area contributed by atoms with Crippen LogP contribution in [-0.4, -0.2) is 16.1 Å². The summed E-state index contributed by atoms with van der Waals surface area (Å²) in [6, 6.07) is 15.7. The minimum atomic E-state index is 0.00522. The second-order valence-corrected chi connectivity index (χ2v) is 6.58. The molecule has 3 aromatic rings. The maximum absolute atomic E-state index is 13.2. The molecule has 0 aliphatic rings. The second kappa shape index (κ2) is 7.62. The summed E-state index contributed by atoms with van der Waals surface area (Å²) in [5.74, 6) is 0.814. The lowest BCUT2D eigenvalue weighted by molar-refractivity contribution is -0.694. The molecule has 0 bridgehead atoms. The van der Waals surface area contributed by atoms with Gasteiger partial charge in [-0.1, -0.05) is 43.7 Å². The molecule has 0 spiro atoms. The SMILES string of the molecule is CCCC[NH2+][C@H](C)c1nc2ccccc2c(=O)n1-c1ccccc1C. The van der Waals surface area contributed by atoms with Crippen molar-refractivity contribution in [2.24, 2.45) is 0 Å². The van der Waals surface area contributed by atoms with E-state index in [-0.39, 0.29) is 11.6 Å². The summed E-state index contributed by atoms with van der Waals surface area (Å²) in [6.45, 7) is 7.39. The zero-order chi connectivity index (χ0) is 17.8. The lowest BCUT2D eigenvalue weighted by Gasteiger charge is -2.18. The molecule has 2 aromatic carbocycles. The number of hydrogen-bond donors (Lipinski definition) is 1. The van der Waals surface area contributed by atoms with Crippen LogP contribution in [0.25, 0.3) is 16.6 Å². The Bertz CT molecular complexity index is 930. The molecular weight excluding hydrogens is 310 g/mol. The third-order valence-corrected chi connectivity index (χ3v) is 4.64. The maximum Gasteiger partial charge on any atom is 0.266 e. The molecule has 1 atom stereocenters. The Hall–Kier alpha value is -2.46. The van der Waals surface area contributed by atoms with Crippen molar-refractivity contribution in [2.45, 2.75) is 39.7 Å². The second-order valence-electron chi connectivity index (χ2n) is 6.58. The zero-order valence-electron chi connectivity index (χ0n) is 15.2. The van der Waals surface area contributed by atoms with Crippen molar-refractivity contribution in [3.63, 3.8) is 0 Å². The molecule has 1 heterocycles. The highest BCUT2D eigenvalue weighted by molar-refractivity contribution is 5.78. The van der Waals surface area contributed by atoms with Crippen molar-refractivity contribution in [1.82, 2.24) is 9.55 Å². The number of nitrogens with two attached hydrogens (primary N) is 1. The van der Waals surface area contributed by atoms with Gasteiger partial charge in [-0.3, -0.25) is 9.36 Å². The highest BCUT2D eigenvalue weighted by Crippen LogP contribution is 2.18. The fraction of sp³-hybridized carbons (Fsp3) is 0.333. The van der Waals surface area contributed by atoms with Crippen molar-refractivity contribution >= 4 is 10.9 Å². The molecule has 0 saturated heterocycles. The van der Waals surface area contributed by atoms with Crippen LogP contribution in [0.5, 0.6) is 0 Å². The van der Waals surface area contributed by atoms with E-state index in [9.17, 15) is 4.79 Å². The number of benzene rings is 2. The summed E-state index contributed by atoms with van der Waals surface area (Å²) in [4.78, 5) is 18.1. The Morgan fingerprint density at radius 3 is 2.60 bits per heavy atom. The summed E-state index contributed by atoms with van der Waals surface area (Å²) in [6.07, 6.45) is 2.32. The molecular formula is C21H26N3O+. The van der Waals surface area contributed by atoms with Gasteiger partial charge in [0.15, 0.2) is 5.82 Å². The normalized spacial score (nSPS) is 12.4. The Balaban J connectivity index is 2.21. The van der Waals surface area contributed by atoms with Gasteiger partial charge in [0.2, 0.25) is 0 Å². The van der Waals surface area contributed by atoms with Crippen LogP contribution in [0.2, 0.25) is 0 Å². The van der Waals surface area contributed by atoms with E-state index in [0.29, 0.717) is 5.39 Å². The van der Waals surface area contributed by atoms with Crippen LogP contribution in [0.4, 0.5) is 0 Å². The fourth-order valence-corrected chi connectivity index (χ4v) is 3.18. The lowest BCUT2D eigenvalue weighted by atomic mass is 10.1. The predicted molar refractivity (Wildman–Crippen MR) is 102 cm³/mol. The minimum absolute atomic E-state index is 0.00522. The molecule has 0 aliphatic heterocycles. The van der Waals surface area contributed by atoms with E-state index in [2.05, 4.69) is 19.2 Å². The van der Waals surface area contributed by atoms with Crippen LogP contribution in [0.3, 0.4) is 0 Å². The van der Waals surface area contributed by atoms with Gasteiger partial charge in [-0.05, 0) is 44.0 Å². The predicted octanol–water partition coefficient (Wildman–Crippen LogP) is 3.12. The molecule has 1 aromatic heterocycles. The Morgan fingerprint density at radius 2 is 1.84 bits per heavy atom. The molecule has 0 fully saturated rings. The van der Waals surface area contributed by atoms with Crippen molar-refractivity contribution < 1.29 is 5.32 Å². The zero-order valence-corrected chi connectivity index (χ0v) is 15.2. The smallest absolute Gasteiger partial charge is 0.266 e. The van der Waals surface area contributed by atoms with E-state index in [1.54, 1.807) is 4.57 Å². The van der Waals surface area contributed by atoms with Crippen LogP contribution >= 0.6 is 0 Å². The number of aromatic nitrogens is 2. The number of aryl methyl sites for hydroxylation is 1. The van der Waals surface area contributed by atoms with Crippen molar-refractivity contribution in [3.8, 4) is 5.69 Å². The molecule has 130 valence electrons. The standard InChI is InChI=1S/C21H25N3O/c1-4-5-14-22-16(3)20-23-18-12-8-7-11-17(18)21(25)24(20)19-13-9-6-10-15(19)2/h6-13,16,22H,4-5,14H2,1-3H3/p+1/t16-/m1/s1. The summed E-state index contributed by atoms with van der Waals surface area (Å²) in [5.41, 5.74) is 2.76. The molecule has 0 aliphatic carbocycles. The van der Waals surface area contributed by atoms with E-state index >= 15 is 0 Å². The highest BCUT2D eigenvalue weighted by Gasteiger charge is 2.20. The molecule has 0 radical (unpaired) electrons. The third-order valence-electron chi connectivity index (χ3n) is 4.64. The first-order valence-electron chi connectivity index (χ1n) is 9.04. The molecule has 4 nitrogen and oxygen atoms in total. The lowest BCUT2D eigenvalue weighted by Crippen LogP contribution is -2.85. The van der Waals surface area contributed by atoms with E-state index < -0.39 is 0 Å². The summed E-state index contributed by atoms with van der Waals surface area (Å²) >= 11 is 0. The highest BCUT2D eigenvalue weighted by atomic mass is 16.1. The van der Waals surface area contributed by atoms with Gasteiger partial charge in [0, 0.05) is 0 Å². The number of fused-ring (bicyclic) bond motifs is 1. The Kier molecular flexibility index (Phi) is 5.29. The molecule has 0 amide bonds. The maximum atomic E-state index is 13.2. The van der Waals surface area contributed by atoms with Crippen LogP contribution in [0.1, 0.15) is 44.1 Å². The number of hydrogen-bond acceptors (Lipinski definition) is 2. The van der Waals surface area contributed by atoms with Crippen LogP contribution in [0.15, 0.2) is 53.3 Å². The first-order valence-corrected chi connectivity index (χ1v) is 9.04. The van der Waals surface area contributed by atoms with E-state index in [0.717, 1.165) is 35.6 Å². The average Bonchev–Trinajstić information content (AvgIpc) is 2.63. The van der Waals surface area contributed by atoms with Crippen molar-refractivity contribution in [1.29, 1.82) is 0 Å². The Morgan fingerprint density at radius 1 is 1.12 bits per heavy atom. The summed E-state index contributed by atoms with van der Waals surface area (Å²) < 4.78 is 1.80.